The van der Waals surface area contributed by atoms with E-state index < -0.39 is 0 Å². The number of amides is 1. The largest absolute Gasteiger partial charge is 0.375 e. The maximum absolute atomic E-state index is 11.8. The van der Waals surface area contributed by atoms with Gasteiger partial charge in [0.15, 0.2) is 0 Å². The third-order valence-electron chi connectivity index (χ3n) is 6.02. The molecule has 0 fully saturated rings. The van der Waals surface area contributed by atoms with Gasteiger partial charge in [-0.2, -0.15) is 0 Å². The van der Waals surface area contributed by atoms with Gasteiger partial charge in [-0.15, -0.1) is 0 Å². The number of H-pyrrole nitrogens is 1. The first-order chi connectivity index (χ1) is 13.4. The zero-order valence-electron chi connectivity index (χ0n) is 17.7. The zero-order chi connectivity index (χ0) is 20.3. The summed E-state index contributed by atoms with van der Waals surface area (Å²) in [6.07, 6.45) is 4.43. The quantitative estimate of drug-likeness (QED) is 0.710. The number of benzene rings is 1. The van der Waals surface area contributed by atoms with E-state index in [1.807, 2.05) is 0 Å². The van der Waals surface area contributed by atoms with Crippen LogP contribution >= 0.6 is 0 Å². The number of carbonyl (C=O) groups excluding carboxylic acids is 1. The molecule has 0 radical (unpaired) electrons. The number of rotatable bonds is 7. The molecule has 28 heavy (non-hydrogen) atoms. The third-order valence-corrected chi connectivity index (χ3v) is 6.02. The van der Waals surface area contributed by atoms with Crippen LogP contribution in [-0.2, 0) is 16.0 Å². The average molecular weight is 384 g/mol. The van der Waals surface area contributed by atoms with Gasteiger partial charge in [0.05, 0.1) is 11.0 Å². The molecule has 1 aliphatic rings. The molecular formula is C23H33N3O2. The predicted octanol–water partition coefficient (Wildman–Crippen LogP) is 4.03. The van der Waals surface area contributed by atoms with Crippen molar-refractivity contribution in [3.63, 3.8) is 0 Å². The van der Waals surface area contributed by atoms with E-state index in [1.165, 1.54) is 11.1 Å². The van der Waals surface area contributed by atoms with Gasteiger partial charge in [-0.25, -0.2) is 4.98 Å². The Morgan fingerprint density at radius 2 is 2.14 bits per heavy atom. The molecule has 1 heterocycles. The number of hydrogen-bond acceptors (Lipinski definition) is 3. The van der Waals surface area contributed by atoms with Crippen LogP contribution in [0.4, 0.5) is 0 Å². The number of carbonyl (C=O) groups is 1. The summed E-state index contributed by atoms with van der Waals surface area (Å²) in [5.41, 5.74) is 4.80. The van der Waals surface area contributed by atoms with Crippen LogP contribution in [-0.4, -0.2) is 36.1 Å². The molecule has 5 nitrogen and oxygen atoms in total. The van der Waals surface area contributed by atoms with Crippen LogP contribution in [0.2, 0.25) is 0 Å². The molecule has 3 atom stereocenters. The van der Waals surface area contributed by atoms with Crippen molar-refractivity contribution in [2.24, 2.45) is 23.7 Å². The zero-order valence-corrected chi connectivity index (χ0v) is 17.7. The highest BCUT2D eigenvalue weighted by atomic mass is 16.5. The second-order valence-corrected chi connectivity index (χ2v) is 8.56. The highest BCUT2D eigenvalue weighted by Crippen LogP contribution is 2.38. The number of ether oxygens (including phenoxy) is 1. The Labute approximate surface area is 168 Å². The molecule has 2 aromatic rings. The van der Waals surface area contributed by atoms with Crippen molar-refractivity contribution >= 4 is 16.9 Å². The minimum atomic E-state index is -0.0456. The van der Waals surface area contributed by atoms with Gasteiger partial charge in [0, 0.05) is 20.1 Å². The SMILES string of the molecule is COCC(=O)NC[C@@H]1C=C(C)[C@H](Cc2nc3ccc(C)cc3[nH]2)C[C@H]1C(C)C. The predicted molar refractivity (Wildman–Crippen MR) is 113 cm³/mol. The summed E-state index contributed by atoms with van der Waals surface area (Å²) in [4.78, 5) is 20.1. The number of aromatic amines is 1. The van der Waals surface area contributed by atoms with Crippen LogP contribution in [0, 0.1) is 30.6 Å². The van der Waals surface area contributed by atoms with Gasteiger partial charge < -0.3 is 15.0 Å². The molecule has 1 aliphatic carbocycles. The van der Waals surface area contributed by atoms with E-state index in [1.54, 1.807) is 7.11 Å². The lowest BCUT2D eigenvalue weighted by atomic mass is 9.70. The molecule has 2 N–H and O–H groups in total. The van der Waals surface area contributed by atoms with Gasteiger partial charge in [0.2, 0.25) is 5.91 Å². The first kappa shape index (κ1) is 20.6. The lowest BCUT2D eigenvalue weighted by molar-refractivity contribution is -0.124. The van der Waals surface area contributed by atoms with Crippen LogP contribution in [0.3, 0.4) is 0 Å². The van der Waals surface area contributed by atoms with Gasteiger partial charge in [0.25, 0.3) is 0 Å². The van der Waals surface area contributed by atoms with Crippen LogP contribution in [0.5, 0.6) is 0 Å². The van der Waals surface area contributed by atoms with E-state index in [0.717, 1.165) is 29.7 Å². The fourth-order valence-electron chi connectivity index (χ4n) is 4.43. The lowest BCUT2D eigenvalue weighted by Gasteiger charge is -2.37. The first-order valence-corrected chi connectivity index (χ1v) is 10.3. The third kappa shape index (κ3) is 4.82. The number of aryl methyl sites for hydroxylation is 1. The van der Waals surface area contributed by atoms with E-state index >= 15 is 0 Å². The highest BCUT2D eigenvalue weighted by molar-refractivity contribution is 5.77. The van der Waals surface area contributed by atoms with Gasteiger partial charge in [-0.05, 0) is 61.6 Å². The summed E-state index contributed by atoms with van der Waals surface area (Å²) >= 11 is 0. The molecule has 0 unspecified atom stereocenters. The van der Waals surface area contributed by atoms with Crippen molar-refractivity contribution in [1.82, 2.24) is 15.3 Å². The number of hydrogen-bond donors (Lipinski definition) is 2. The number of methoxy groups -OCH3 is 1. The minimum Gasteiger partial charge on any atom is -0.375 e. The van der Waals surface area contributed by atoms with Crippen molar-refractivity contribution in [2.45, 2.75) is 40.5 Å². The first-order valence-electron chi connectivity index (χ1n) is 10.3. The number of imidazole rings is 1. The fraction of sp³-hybridized carbons (Fsp3) is 0.565. The maximum Gasteiger partial charge on any atom is 0.246 e. The molecule has 1 amide bonds. The van der Waals surface area contributed by atoms with E-state index in [0.29, 0.717) is 30.2 Å². The topological polar surface area (TPSA) is 67.0 Å². The van der Waals surface area contributed by atoms with Gasteiger partial charge in [-0.3, -0.25) is 4.79 Å². The van der Waals surface area contributed by atoms with Gasteiger partial charge >= 0.3 is 0 Å². The second kappa shape index (κ2) is 8.91. The molecule has 0 bridgehead atoms. The van der Waals surface area contributed by atoms with Crippen molar-refractivity contribution in [2.75, 3.05) is 20.3 Å². The lowest BCUT2D eigenvalue weighted by Crippen LogP contribution is -2.38. The van der Waals surface area contributed by atoms with Gasteiger partial charge in [0.1, 0.15) is 12.4 Å². The molecule has 1 aromatic carbocycles. The Bertz CT molecular complexity index is 853. The number of fused-ring (bicyclic) bond motifs is 1. The number of nitrogens with one attached hydrogen (secondary N) is 2. The molecule has 152 valence electrons. The summed E-state index contributed by atoms with van der Waals surface area (Å²) in [5.74, 6) is 2.98. The molecule has 0 saturated carbocycles. The van der Waals surface area contributed by atoms with Crippen molar-refractivity contribution < 1.29 is 9.53 Å². The van der Waals surface area contributed by atoms with Crippen LogP contribution in [0.15, 0.2) is 29.8 Å². The Kier molecular flexibility index (Phi) is 6.55. The molecule has 5 heteroatoms. The van der Waals surface area contributed by atoms with E-state index in [9.17, 15) is 4.79 Å². The Balaban J connectivity index is 1.73. The molecule has 3 rings (SSSR count). The summed E-state index contributed by atoms with van der Waals surface area (Å²) in [6, 6.07) is 6.35. The van der Waals surface area contributed by atoms with Crippen molar-refractivity contribution in [3.05, 3.63) is 41.2 Å². The Morgan fingerprint density at radius 1 is 1.36 bits per heavy atom. The summed E-state index contributed by atoms with van der Waals surface area (Å²) < 4.78 is 4.92. The monoisotopic (exact) mass is 383 g/mol. The average Bonchev–Trinajstić information content (AvgIpc) is 3.03. The van der Waals surface area contributed by atoms with E-state index in [-0.39, 0.29) is 12.5 Å². The minimum absolute atomic E-state index is 0.0456. The number of nitrogens with zero attached hydrogens (tertiary/aromatic N) is 1. The van der Waals surface area contributed by atoms with E-state index in [2.05, 4.69) is 62.3 Å². The smallest absolute Gasteiger partial charge is 0.246 e. The van der Waals surface area contributed by atoms with E-state index in [4.69, 9.17) is 9.72 Å². The summed E-state index contributed by atoms with van der Waals surface area (Å²) in [6.45, 7) is 9.69. The second-order valence-electron chi connectivity index (χ2n) is 8.56. The van der Waals surface area contributed by atoms with Gasteiger partial charge in [-0.1, -0.05) is 31.6 Å². The normalized spacial score (nSPS) is 22.5. The molecule has 0 saturated heterocycles. The number of aromatic nitrogens is 2. The maximum atomic E-state index is 11.8. The fourth-order valence-corrected chi connectivity index (χ4v) is 4.43. The molecule has 1 aromatic heterocycles. The highest BCUT2D eigenvalue weighted by Gasteiger charge is 2.32. The standard InChI is InChI=1S/C23H33N3O2/c1-14(2)19-10-17(16(4)9-18(19)12-24-23(27)13-28-5)11-22-25-20-7-6-15(3)8-21(20)26-22/h6-9,14,17-19H,10-13H2,1-5H3,(H,24,27)(H,25,26)/t17-,18-,19-/m0/s1. The van der Waals surface area contributed by atoms with Crippen molar-refractivity contribution in [1.29, 1.82) is 0 Å². The molecule has 0 aliphatic heterocycles. The van der Waals surface area contributed by atoms with Crippen LogP contribution < -0.4 is 5.32 Å². The summed E-state index contributed by atoms with van der Waals surface area (Å²) in [5, 5.41) is 3.02. The Hall–Kier alpha value is -2.14. The van der Waals surface area contributed by atoms with Crippen molar-refractivity contribution in [3.8, 4) is 0 Å². The Morgan fingerprint density at radius 3 is 2.86 bits per heavy atom. The van der Waals surface area contributed by atoms with Crippen LogP contribution in [0.25, 0.3) is 11.0 Å². The summed E-state index contributed by atoms with van der Waals surface area (Å²) in [7, 11) is 1.55. The molecular weight excluding hydrogens is 350 g/mol. The van der Waals surface area contributed by atoms with Crippen LogP contribution in [0.1, 0.15) is 38.6 Å². The molecule has 0 spiro atoms. The number of allylic oxidation sites excluding steroid dienone is 1.